The van der Waals surface area contributed by atoms with Gasteiger partial charge < -0.3 is 21.5 Å². The molecular weight excluding hydrogens is 196 g/mol. The molecule has 0 aliphatic heterocycles. The Kier molecular flexibility index (Phi) is 5.65. The van der Waals surface area contributed by atoms with Gasteiger partial charge in [-0.3, -0.25) is 0 Å². The molecule has 60 valence electrons. The summed E-state index contributed by atoms with van der Waals surface area (Å²) in [5.41, 5.74) is 8.05. The van der Waals surface area contributed by atoms with Crippen LogP contribution in [-0.2, 0) is 0 Å². The second kappa shape index (κ2) is 4.55. The lowest BCUT2D eigenvalue weighted by Crippen LogP contribution is -3.00. The van der Waals surface area contributed by atoms with Gasteiger partial charge in [0.05, 0.1) is 21.1 Å². The van der Waals surface area contributed by atoms with Crippen molar-refractivity contribution in [3.8, 4) is 0 Å². The first-order valence-electron chi connectivity index (χ1n) is 2.84. The van der Waals surface area contributed by atoms with E-state index in [1.165, 1.54) is 0 Å². The highest BCUT2D eigenvalue weighted by atomic mass is 79.9. The smallest absolute Gasteiger partial charge is 0.166 e. The van der Waals surface area contributed by atoms with Crippen molar-refractivity contribution in [1.29, 1.82) is 0 Å². The van der Waals surface area contributed by atoms with Crippen LogP contribution in [0.25, 0.3) is 10.4 Å². The maximum Gasteiger partial charge on any atom is 0.166 e. The maximum atomic E-state index is 8.05. The summed E-state index contributed by atoms with van der Waals surface area (Å²) in [4.78, 5) is 2.71. The number of azide groups is 1. The monoisotopic (exact) mass is 208 g/mol. The fraction of sp³-hybridized carbons (Fsp3) is 1.00. The predicted octanol–water partition coefficient (Wildman–Crippen LogP) is -1.65. The Morgan fingerprint density at radius 3 is 1.90 bits per heavy atom. The Balaban J connectivity index is 0. The number of halogens is 1. The zero-order chi connectivity index (χ0) is 7.49. The molecule has 0 saturated heterocycles. The first kappa shape index (κ1) is 12.4. The summed E-state index contributed by atoms with van der Waals surface area (Å²) >= 11 is 0. The molecule has 0 N–H and O–H groups in total. The normalized spacial score (nSPS) is 12.8. The lowest BCUT2D eigenvalue weighted by Gasteiger charge is -2.27. The van der Waals surface area contributed by atoms with Gasteiger partial charge in [0.2, 0.25) is 0 Å². The summed E-state index contributed by atoms with van der Waals surface area (Å²) in [6, 6.07) is 0. The van der Waals surface area contributed by atoms with E-state index in [2.05, 4.69) is 10.0 Å². The summed E-state index contributed by atoms with van der Waals surface area (Å²) < 4.78 is 0.671. The van der Waals surface area contributed by atoms with E-state index in [1.54, 1.807) is 0 Å². The molecule has 0 fully saturated rings. The van der Waals surface area contributed by atoms with Crippen molar-refractivity contribution < 1.29 is 21.5 Å². The van der Waals surface area contributed by atoms with E-state index in [4.69, 9.17) is 5.53 Å². The third-order valence-corrected chi connectivity index (χ3v) is 1.34. The van der Waals surface area contributed by atoms with E-state index in [-0.39, 0.29) is 23.1 Å². The van der Waals surface area contributed by atoms with Crippen LogP contribution in [0.5, 0.6) is 0 Å². The Labute approximate surface area is 71.8 Å². The van der Waals surface area contributed by atoms with Crippen LogP contribution in [0.4, 0.5) is 0 Å². The van der Waals surface area contributed by atoms with Gasteiger partial charge in [0.15, 0.2) is 6.17 Å². The van der Waals surface area contributed by atoms with Gasteiger partial charge in [0, 0.05) is 4.91 Å². The maximum absolute atomic E-state index is 8.05. The van der Waals surface area contributed by atoms with Gasteiger partial charge in [-0.1, -0.05) is 0 Å². The Morgan fingerprint density at radius 2 is 1.80 bits per heavy atom. The fourth-order valence-electron chi connectivity index (χ4n) is 0.230. The summed E-state index contributed by atoms with van der Waals surface area (Å²) in [6.07, 6.45) is 0.00926. The zero-order valence-electron chi connectivity index (χ0n) is 6.74. The first-order chi connectivity index (χ1) is 3.98. The molecule has 0 aromatic heterocycles. The lowest BCUT2D eigenvalue weighted by molar-refractivity contribution is -0.893. The van der Waals surface area contributed by atoms with Crippen molar-refractivity contribution in [3.63, 3.8) is 0 Å². The number of rotatable bonds is 2. The Hall–Kier alpha value is -0.250. The van der Waals surface area contributed by atoms with Crippen LogP contribution in [0.3, 0.4) is 0 Å². The van der Waals surface area contributed by atoms with Gasteiger partial charge in [-0.05, 0) is 17.6 Å². The minimum Gasteiger partial charge on any atom is -1.00 e. The van der Waals surface area contributed by atoms with Gasteiger partial charge in [0.1, 0.15) is 0 Å². The number of quaternary nitrogens is 1. The standard InChI is InChI=1S/C5H13N4.BrH/c1-5(7-8-6)9(2,3)4;/h5H,1-4H3;1H/q+1;/p-1. The molecule has 0 aromatic carbocycles. The van der Waals surface area contributed by atoms with Crippen molar-refractivity contribution in [2.45, 2.75) is 13.1 Å². The van der Waals surface area contributed by atoms with Crippen molar-refractivity contribution in [2.24, 2.45) is 5.11 Å². The quantitative estimate of drug-likeness (QED) is 0.226. The number of nitrogens with zero attached hydrogens (tertiary/aromatic N) is 4. The van der Waals surface area contributed by atoms with Crippen molar-refractivity contribution in [2.75, 3.05) is 21.1 Å². The number of hydrogen-bond donors (Lipinski definition) is 0. The van der Waals surface area contributed by atoms with Crippen molar-refractivity contribution >= 4 is 0 Å². The summed E-state index contributed by atoms with van der Waals surface area (Å²) in [7, 11) is 5.96. The fourth-order valence-corrected chi connectivity index (χ4v) is 0.230. The molecule has 0 heterocycles. The number of hydrogen-bond acceptors (Lipinski definition) is 1. The molecule has 0 aliphatic rings. The summed E-state index contributed by atoms with van der Waals surface area (Å²) in [5, 5.41) is 3.55. The predicted molar refractivity (Wildman–Crippen MR) is 36.6 cm³/mol. The molecule has 5 heteroatoms. The van der Waals surface area contributed by atoms with Crippen molar-refractivity contribution in [3.05, 3.63) is 10.4 Å². The molecule has 0 spiro atoms. The minimum absolute atomic E-state index is 0. The minimum atomic E-state index is 0. The van der Waals surface area contributed by atoms with E-state index in [0.29, 0.717) is 4.48 Å². The summed E-state index contributed by atoms with van der Waals surface area (Å²) in [6.45, 7) is 1.89. The average Bonchev–Trinajstić information content (AvgIpc) is 1.64. The molecule has 0 radical (unpaired) electrons. The van der Waals surface area contributed by atoms with Crippen LogP contribution in [0, 0.1) is 0 Å². The van der Waals surface area contributed by atoms with E-state index < -0.39 is 0 Å². The van der Waals surface area contributed by atoms with E-state index >= 15 is 0 Å². The van der Waals surface area contributed by atoms with Crippen LogP contribution in [0.15, 0.2) is 5.11 Å². The second-order valence-corrected chi connectivity index (χ2v) is 2.95. The largest absolute Gasteiger partial charge is 1.00 e. The molecular formula is C5H13BrN4. The molecule has 1 atom stereocenters. The Bertz CT molecular complexity index is 133. The highest BCUT2D eigenvalue weighted by molar-refractivity contribution is 4.46. The average molecular weight is 209 g/mol. The zero-order valence-corrected chi connectivity index (χ0v) is 8.33. The SMILES string of the molecule is CC(N=[N+]=[N-])[N+](C)(C)C.[Br-]. The van der Waals surface area contributed by atoms with Gasteiger partial charge >= 0.3 is 0 Å². The van der Waals surface area contributed by atoms with Gasteiger partial charge in [-0.15, -0.1) is 0 Å². The molecule has 0 aliphatic carbocycles. The first-order valence-corrected chi connectivity index (χ1v) is 2.84. The van der Waals surface area contributed by atoms with E-state index in [9.17, 15) is 0 Å². The van der Waals surface area contributed by atoms with E-state index in [1.807, 2.05) is 28.1 Å². The molecule has 4 nitrogen and oxygen atoms in total. The third-order valence-electron chi connectivity index (χ3n) is 1.34. The van der Waals surface area contributed by atoms with Crippen LogP contribution in [0.2, 0.25) is 0 Å². The van der Waals surface area contributed by atoms with Crippen LogP contribution in [-0.4, -0.2) is 31.8 Å². The van der Waals surface area contributed by atoms with Gasteiger partial charge in [0.25, 0.3) is 0 Å². The van der Waals surface area contributed by atoms with Gasteiger partial charge in [-0.2, -0.15) is 0 Å². The highest BCUT2D eigenvalue weighted by Crippen LogP contribution is 2.02. The topological polar surface area (TPSA) is 48.8 Å². The molecule has 1 unspecified atom stereocenters. The molecule has 0 aromatic rings. The second-order valence-electron chi connectivity index (χ2n) is 2.95. The molecule has 0 rings (SSSR count). The Morgan fingerprint density at radius 1 is 1.40 bits per heavy atom. The van der Waals surface area contributed by atoms with Gasteiger partial charge in [-0.25, -0.2) is 0 Å². The molecule has 0 amide bonds. The third kappa shape index (κ3) is 4.61. The summed E-state index contributed by atoms with van der Waals surface area (Å²) in [5.74, 6) is 0. The molecule has 0 saturated carbocycles. The highest BCUT2D eigenvalue weighted by Gasteiger charge is 2.14. The lowest BCUT2D eigenvalue weighted by atomic mass is 10.5. The van der Waals surface area contributed by atoms with Crippen LogP contribution < -0.4 is 17.0 Å². The molecule has 0 bridgehead atoms. The van der Waals surface area contributed by atoms with Crippen LogP contribution in [0.1, 0.15) is 6.92 Å². The van der Waals surface area contributed by atoms with Crippen molar-refractivity contribution in [1.82, 2.24) is 0 Å². The molecule has 10 heavy (non-hydrogen) atoms. The van der Waals surface area contributed by atoms with E-state index in [0.717, 1.165) is 0 Å². The van der Waals surface area contributed by atoms with Crippen LogP contribution >= 0.6 is 0 Å².